The Balaban J connectivity index is 1.66. The van der Waals surface area contributed by atoms with E-state index < -0.39 is 29.9 Å². The standard InChI is InChI=1S/C23H16F2N2O2/c1-14-3-2-4-15(9-14)5-6-16-10-17(13-26-12-16)21-22(29-23(28)27-21)19-11-18(24)7-8-20(19)25/h2-4,7-13,21-22H,1H3,(H,27,28)/t21-,22?/m1/s1. The lowest BCUT2D eigenvalue weighted by molar-refractivity contribution is 0.130. The molecule has 29 heavy (non-hydrogen) atoms. The number of aromatic nitrogens is 1. The van der Waals surface area contributed by atoms with Crippen molar-refractivity contribution in [2.24, 2.45) is 0 Å². The van der Waals surface area contributed by atoms with Crippen LogP contribution in [0, 0.1) is 30.4 Å². The van der Waals surface area contributed by atoms with Gasteiger partial charge in [0.15, 0.2) is 6.10 Å². The first-order valence-corrected chi connectivity index (χ1v) is 8.95. The van der Waals surface area contributed by atoms with Gasteiger partial charge in [0.1, 0.15) is 17.7 Å². The van der Waals surface area contributed by atoms with Crippen LogP contribution in [-0.4, -0.2) is 11.1 Å². The molecule has 2 atom stereocenters. The van der Waals surface area contributed by atoms with E-state index in [2.05, 4.69) is 22.1 Å². The molecule has 144 valence electrons. The van der Waals surface area contributed by atoms with Crippen molar-refractivity contribution in [2.45, 2.75) is 19.1 Å². The van der Waals surface area contributed by atoms with E-state index in [0.717, 1.165) is 29.3 Å². The number of hydrogen-bond acceptors (Lipinski definition) is 3. The van der Waals surface area contributed by atoms with Crippen LogP contribution in [0.4, 0.5) is 13.6 Å². The van der Waals surface area contributed by atoms with Gasteiger partial charge in [0.05, 0.1) is 0 Å². The van der Waals surface area contributed by atoms with E-state index in [0.29, 0.717) is 11.1 Å². The van der Waals surface area contributed by atoms with Gasteiger partial charge in [-0.1, -0.05) is 24.0 Å². The quantitative estimate of drug-likeness (QED) is 0.651. The Kier molecular flexibility index (Phi) is 4.96. The number of rotatable bonds is 2. The first-order valence-electron chi connectivity index (χ1n) is 8.95. The van der Waals surface area contributed by atoms with Crippen LogP contribution in [-0.2, 0) is 4.74 Å². The summed E-state index contributed by atoms with van der Waals surface area (Å²) in [5.41, 5.74) is 3.15. The van der Waals surface area contributed by atoms with E-state index in [1.165, 1.54) is 0 Å². The topological polar surface area (TPSA) is 51.2 Å². The van der Waals surface area contributed by atoms with Gasteiger partial charge in [0.2, 0.25) is 0 Å². The predicted octanol–water partition coefficient (Wildman–Crippen LogP) is 4.59. The number of benzene rings is 2. The second-order valence-electron chi connectivity index (χ2n) is 6.74. The molecule has 0 bridgehead atoms. The fourth-order valence-corrected chi connectivity index (χ4v) is 3.22. The molecule has 1 amide bonds. The monoisotopic (exact) mass is 390 g/mol. The Labute approximate surface area is 166 Å². The molecule has 0 spiro atoms. The van der Waals surface area contributed by atoms with Gasteiger partial charge in [-0.3, -0.25) is 4.98 Å². The van der Waals surface area contributed by atoms with Gasteiger partial charge in [-0.15, -0.1) is 0 Å². The van der Waals surface area contributed by atoms with E-state index in [1.54, 1.807) is 18.5 Å². The second kappa shape index (κ2) is 7.72. The van der Waals surface area contributed by atoms with Crippen LogP contribution in [0.1, 0.15) is 40.0 Å². The van der Waals surface area contributed by atoms with Crippen molar-refractivity contribution in [3.05, 3.63) is 100 Å². The molecule has 0 aliphatic carbocycles. The SMILES string of the molecule is Cc1cccc(C#Cc2cncc([C@H]3NC(=O)OC3c3cc(F)ccc3F)c2)c1. The lowest BCUT2D eigenvalue weighted by Gasteiger charge is -2.18. The number of alkyl carbamates (subject to hydrolysis) is 1. The summed E-state index contributed by atoms with van der Waals surface area (Å²) in [5, 5.41) is 2.64. The minimum atomic E-state index is -1.01. The number of aryl methyl sites for hydroxylation is 1. The fraction of sp³-hybridized carbons (Fsp3) is 0.130. The van der Waals surface area contributed by atoms with Gasteiger partial charge in [-0.25, -0.2) is 13.6 Å². The van der Waals surface area contributed by atoms with Crippen molar-refractivity contribution in [1.29, 1.82) is 0 Å². The van der Waals surface area contributed by atoms with Gasteiger partial charge in [0, 0.05) is 29.1 Å². The summed E-state index contributed by atoms with van der Waals surface area (Å²) in [6.07, 6.45) is 1.42. The predicted molar refractivity (Wildman–Crippen MR) is 103 cm³/mol. The minimum absolute atomic E-state index is 0.0374. The Morgan fingerprint density at radius 3 is 2.69 bits per heavy atom. The molecule has 1 unspecified atom stereocenters. The molecule has 1 aromatic heterocycles. The summed E-state index contributed by atoms with van der Waals surface area (Å²) in [7, 11) is 0. The Bertz CT molecular complexity index is 1150. The molecule has 4 rings (SSSR count). The lowest BCUT2D eigenvalue weighted by atomic mass is 9.96. The first-order chi connectivity index (χ1) is 14.0. The van der Waals surface area contributed by atoms with E-state index in [9.17, 15) is 13.6 Å². The summed E-state index contributed by atoms with van der Waals surface area (Å²) in [5.74, 6) is 4.84. The zero-order chi connectivity index (χ0) is 20.4. The number of cyclic esters (lactones) is 1. The summed E-state index contributed by atoms with van der Waals surface area (Å²) >= 11 is 0. The first kappa shape index (κ1) is 18.6. The number of carbonyl (C=O) groups is 1. The van der Waals surface area contributed by atoms with Gasteiger partial charge < -0.3 is 10.1 Å². The summed E-state index contributed by atoms with van der Waals surface area (Å²) in [6, 6.07) is 11.9. The third kappa shape index (κ3) is 4.09. The molecule has 1 aliphatic rings. The maximum atomic E-state index is 14.2. The number of nitrogens with one attached hydrogen (secondary N) is 1. The molecule has 1 fully saturated rings. The van der Waals surface area contributed by atoms with Crippen molar-refractivity contribution < 1.29 is 18.3 Å². The Hall–Kier alpha value is -3.72. The summed E-state index contributed by atoms with van der Waals surface area (Å²) in [6.45, 7) is 1.99. The lowest BCUT2D eigenvalue weighted by Crippen LogP contribution is -2.20. The number of nitrogens with zero attached hydrogens (tertiary/aromatic N) is 1. The highest BCUT2D eigenvalue weighted by Gasteiger charge is 2.38. The van der Waals surface area contributed by atoms with Gasteiger partial charge in [-0.2, -0.15) is 0 Å². The number of carbonyl (C=O) groups excluding carboxylic acids is 1. The maximum Gasteiger partial charge on any atom is 0.408 e. The molecule has 0 saturated carbocycles. The van der Waals surface area contributed by atoms with Crippen LogP contribution in [0.25, 0.3) is 0 Å². The van der Waals surface area contributed by atoms with Crippen molar-refractivity contribution >= 4 is 6.09 Å². The zero-order valence-corrected chi connectivity index (χ0v) is 15.4. The molecule has 3 aromatic rings. The fourth-order valence-electron chi connectivity index (χ4n) is 3.22. The van der Waals surface area contributed by atoms with Gasteiger partial charge >= 0.3 is 6.09 Å². The molecule has 2 aromatic carbocycles. The van der Waals surface area contributed by atoms with E-state index >= 15 is 0 Å². The highest BCUT2D eigenvalue weighted by molar-refractivity contribution is 5.71. The molecule has 2 heterocycles. The van der Waals surface area contributed by atoms with Crippen molar-refractivity contribution in [3.8, 4) is 11.8 Å². The van der Waals surface area contributed by atoms with Crippen molar-refractivity contribution in [2.75, 3.05) is 0 Å². The van der Waals surface area contributed by atoms with Crippen molar-refractivity contribution in [3.63, 3.8) is 0 Å². The van der Waals surface area contributed by atoms with Crippen LogP contribution in [0.5, 0.6) is 0 Å². The van der Waals surface area contributed by atoms with E-state index in [4.69, 9.17) is 4.74 Å². The highest BCUT2D eigenvalue weighted by atomic mass is 19.1. The summed E-state index contributed by atoms with van der Waals surface area (Å²) < 4.78 is 33.1. The number of amides is 1. The number of hydrogen-bond donors (Lipinski definition) is 1. The van der Waals surface area contributed by atoms with E-state index in [-0.39, 0.29) is 5.56 Å². The van der Waals surface area contributed by atoms with Gasteiger partial charge in [0.25, 0.3) is 0 Å². The molecule has 1 saturated heterocycles. The number of ether oxygens (including phenoxy) is 1. The largest absolute Gasteiger partial charge is 0.439 e. The van der Waals surface area contributed by atoms with Crippen molar-refractivity contribution in [1.82, 2.24) is 10.3 Å². The Morgan fingerprint density at radius 1 is 1.03 bits per heavy atom. The van der Waals surface area contributed by atoms with Crippen LogP contribution in [0.15, 0.2) is 60.9 Å². The minimum Gasteiger partial charge on any atom is -0.439 e. The Morgan fingerprint density at radius 2 is 1.86 bits per heavy atom. The van der Waals surface area contributed by atoms with Crippen LogP contribution in [0.2, 0.25) is 0 Å². The molecule has 0 radical (unpaired) electrons. The zero-order valence-electron chi connectivity index (χ0n) is 15.4. The van der Waals surface area contributed by atoms with Crippen LogP contribution < -0.4 is 5.32 Å². The third-order valence-corrected chi connectivity index (χ3v) is 4.56. The molecule has 4 nitrogen and oxygen atoms in total. The normalized spacial score (nSPS) is 17.8. The molecular weight excluding hydrogens is 374 g/mol. The average molecular weight is 390 g/mol. The van der Waals surface area contributed by atoms with Crippen LogP contribution in [0.3, 0.4) is 0 Å². The highest BCUT2D eigenvalue weighted by Crippen LogP contribution is 2.37. The van der Waals surface area contributed by atoms with Crippen LogP contribution >= 0.6 is 0 Å². The molecule has 1 aliphatic heterocycles. The smallest absolute Gasteiger partial charge is 0.408 e. The number of halogens is 2. The third-order valence-electron chi connectivity index (χ3n) is 4.56. The van der Waals surface area contributed by atoms with Gasteiger partial charge in [-0.05, 0) is 54.4 Å². The molecular formula is C23H16F2N2O2. The molecule has 6 heteroatoms. The van der Waals surface area contributed by atoms with E-state index in [1.807, 2.05) is 31.2 Å². The summed E-state index contributed by atoms with van der Waals surface area (Å²) in [4.78, 5) is 16.0. The average Bonchev–Trinajstić information content (AvgIpc) is 3.10. The molecule has 1 N–H and O–H groups in total. The number of pyridine rings is 1. The second-order valence-corrected chi connectivity index (χ2v) is 6.74. The maximum absolute atomic E-state index is 14.2.